The number of nitrogens with zero attached hydrogens (tertiary/aromatic N) is 2. The predicted molar refractivity (Wildman–Crippen MR) is 97.3 cm³/mol. The average molecular weight is 322 g/mol. The van der Waals surface area contributed by atoms with Gasteiger partial charge in [0.05, 0.1) is 17.5 Å². The summed E-state index contributed by atoms with van der Waals surface area (Å²) >= 11 is 0. The van der Waals surface area contributed by atoms with E-state index in [1.54, 1.807) is 12.4 Å². The molecule has 124 valence electrons. The van der Waals surface area contributed by atoms with Crippen LogP contribution in [0.2, 0.25) is 0 Å². The zero-order chi connectivity index (χ0) is 17.3. The normalized spacial score (nSPS) is 11.7. The number of aromatic amines is 1. The van der Waals surface area contributed by atoms with E-state index >= 15 is 0 Å². The monoisotopic (exact) mass is 322 g/mol. The van der Waals surface area contributed by atoms with Gasteiger partial charge in [-0.05, 0) is 19.1 Å². The number of benzene rings is 1. The molecule has 0 bridgehead atoms. The second-order valence-corrected chi connectivity index (χ2v) is 6.85. The molecule has 5 heteroatoms. The van der Waals surface area contributed by atoms with Crippen LogP contribution in [-0.2, 0) is 0 Å². The Balaban J connectivity index is 2.08. The van der Waals surface area contributed by atoms with Crippen LogP contribution in [0.15, 0.2) is 36.7 Å². The summed E-state index contributed by atoms with van der Waals surface area (Å²) in [6.45, 7) is 8.64. The molecule has 0 aliphatic rings. The number of fused-ring (bicyclic) bond motifs is 1. The summed E-state index contributed by atoms with van der Waals surface area (Å²) in [5, 5.41) is 3.29. The van der Waals surface area contributed by atoms with Gasteiger partial charge in [-0.25, -0.2) is 9.97 Å². The third-order valence-electron chi connectivity index (χ3n) is 3.85. The Morgan fingerprint density at radius 1 is 1.29 bits per heavy atom. The zero-order valence-corrected chi connectivity index (χ0v) is 14.5. The maximum atomic E-state index is 12.6. The fraction of sp³-hybridized carbons (Fsp3) is 0.316. The molecule has 0 aliphatic carbocycles. The van der Waals surface area contributed by atoms with Gasteiger partial charge in [0, 0.05) is 29.4 Å². The first kappa shape index (κ1) is 16.2. The number of hydrogen-bond acceptors (Lipinski definition) is 4. The topological polar surface area (TPSA) is 70.7 Å². The first-order valence-electron chi connectivity index (χ1n) is 8.13. The van der Waals surface area contributed by atoms with Crippen molar-refractivity contribution in [3.63, 3.8) is 0 Å². The van der Waals surface area contributed by atoms with E-state index in [0.29, 0.717) is 16.7 Å². The number of carbonyl (C=O) groups excluding carboxylic acids is 1. The van der Waals surface area contributed by atoms with Crippen molar-refractivity contribution in [2.24, 2.45) is 5.41 Å². The molecule has 0 amide bonds. The van der Waals surface area contributed by atoms with Gasteiger partial charge >= 0.3 is 0 Å². The Kier molecular flexibility index (Phi) is 4.09. The van der Waals surface area contributed by atoms with Gasteiger partial charge < -0.3 is 10.3 Å². The van der Waals surface area contributed by atoms with Crippen molar-refractivity contribution in [1.82, 2.24) is 15.0 Å². The maximum absolute atomic E-state index is 12.6. The molecule has 3 rings (SSSR count). The highest BCUT2D eigenvalue weighted by molar-refractivity contribution is 6.08. The number of hydrogen-bond donors (Lipinski definition) is 2. The van der Waals surface area contributed by atoms with Gasteiger partial charge in [0.15, 0.2) is 11.4 Å². The van der Waals surface area contributed by atoms with Crippen LogP contribution in [0.4, 0.5) is 5.69 Å². The van der Waals surface area contributed by atoms with E-state index in [-0.39, 0.29) is 5.78 Å². The molecule has 5 nitrogen and oxygen atoms in total. The summed E-state index contributed by atoms with van der Waals surface area (Å²) in [6, 6.07) is 8.03. The van der Waals surface area contributed by atoms with Crippen molar-refractivity contribution < 1.29 is 4.79 Å². The molecule has 2 aromatic heterocycles. The van der Waals surface area contributed by atoms with Crippen molar-refractivity contribution >= 4 is 22.6 Å². The van der Waals surface area contributed by atoms with Gasteiger partial charge in [0.25, 0.3) is 0 Å². The first-order valence-corrected chi connectivity index (χ1v) is 8.13. The third kappa shape index (κ3) is 3.02. The van der Waals surface area contributed by atoms with Crippen molar-refractivity contribution in [3.8, 4) is 11.3 Å². The maximum Gasteiger partial charge on any atom is 0.171 e. The molecular weight excluding hydrogens is 300 g/mol. The molecule has 0 aliphatic heterocycles. The van der Waals surface area contributed by atoms with Crippen LogP contribution in [0, 0.1) is 5.41 Å². The molecule has 0 saturated carbocycles. The minimum absolute atomic E-state index is 0.0570. The number of anilines is 1. The molecule has 0 spiro atoms. The molecule has 2 N–H and O–H groups in total. The van der Waals surface area contributed by atoms with Crippen molar-refractivity contribution in [1.29, 1.82) is 0 Å². The highest BCUT2D eigenvalue weighted by Gasteiger charge is 2.26. The number of nitrogens with one attached hydrogen (secondary N) is 2. The molecule has 0 unspecified atom stereocenters. The zero-order valence-electron chi connectivity index (χ0n) is 14.5. The molecule has 0 atom stereocenters. The standard InChI is InChI=1S/C19H22N4O/c1-5-20-13-8-6-7-12(9-13)15-11-22-18-16(23-15)14(10-21-18)17(24)19(2,3)4/h6-11,20H,5H2,1-4H3,(H,21,22). The van der Waals surface area contributed by atoms with Gasteiger partial charge in [-0.3, -0.25) is 4.79 Å². The van der Waals surface area contributed by atoms with E-state index in [1.165, 1.54) is 0 Å². The van der Waals surface area contributed by atoms with E-state index in [0.717, 1.165) is 23.5 Å². The van der Waals surface area contributed by atoms with Crippen LogP contribution >= 0.6 is 0 Å². The van der Waals surface area contributed by atoms with E-state index in [1.807, 2.05) is 45.0 Å². The van der Waals surface area contributed by atoms with Crippen molar-refractivity contribution in [2.75, 3.05) is 11.9 Å². The highest BCUT2D eigenvalue weighted by atomic mass is 16.1. The van der Waals surface area contributed by atoms with Gasteiger partial charge in [0.1, 0.15) is 5.52 Å². The van der Waals surface area contributed by atoms with Gasteiger partial charge in [0.2, 0.25) is 0 Å². The Hall–Kier alpha value is -2.69. The van der Waals surface area contributed by atoms with E-state index < -0.39 is 5.41 Å². The lowest BCUT2D eigenvalue weighted by Gasteiger charge is -2.15. The quantitative estimate of drug-likeness (QED) is 0.703. The Labute approximate surface area is 141 Å². The lowest BCUT2D eigenvalue weighted by molar-refractivity contribution is 0.0860. The minimum Gasteiger partial charge on any atom is -0.385 e. The number of Topliss-reactive ketones (excluding diaryl/α,β-unsaturated/α-hetero) is 1. The Bertz CT molecular complexity index is 890. The molecular formula is C19H22N4O. The van der Waals surface area contributed by atoms with E-state index in [2.05, 4.69) is 22.2 Å². The second kappa shape index (κ2) is 6.07. The molecule has 0 fully saturated rings. The Morgan fingerprint density at radius 2 is 2.08 bits per heavy atom. The van der Waals surface area contributed by atoms with Crippen molar-refractivity contribution in [3.05, 3.63) is 42.2 Å². The summed E-state index contributed by atoms with van der Waals surface area (Å²) in [6.07, 6.45) is 3.44. The second-order valence-electron chi connectivity index (χ2n) is 6.85. The van der Waals surface area contributed by atoms with Crippen LogP contribution in [0.1, 0.15) is 38.1 Å². The van der Waals surface area contributed by atoms with Crippen LogP contribution in [-0.4, -0.2) is 27.3 Å². The fourth-order valence-corrected chi connectivity index (χ4v) is 2.60. The van der Waals surface area contributed by atoms with Gasteiger partial charge in [-0.1, -0.05) is 32.9 Å². The van der Waals surface area contributed by atoms with Crippen LogP contribution < -0.4 is 5.32 Å². The number of ketones is 1. The lowest BCUT2D eigenvalue weighted by atomic mass is 9.87. The molecule has 2 heterocycles. The number of rotatable bonds is 4. The summed E-state index contributed by atoms with van der Waals surface area (Å²) in [5.74, 6) is 0.0570. The van der Waals surface area contributed by atoms with Gasteiger partial charge in [-0.2, -0.15) is 0 Å². The number of aromatic nitrogens is 3. The minimum atomic E-state index is -0.461. The number of H-pyrrole nitrogens is 1. The lowest BCUT2D eigenvalue weighted by Crippen LogP contribution is -2.20. The van der Waals surface area contributed by atoms with Crippen LogP contribution in [0.5, 0.6) is 0 Å². The summed E-state index contributed by atoms with van der Waals surface area (Å²) < 4.78 is 0. The fourth-order valence-electron chi connectivity index (χ4n) is 2.60. The molecule has 3 aromatic rings. The van der Waals surface area contributed by atoms with E-state index in [4.69, 9.17) is 4.98 Å². The smallest absolute Gasteiger partial charge is 0.171 e. The third-order valence-corrected chi connectivity index (χ3v) is 3.85. The van der Waals surface area contributed by atoms with Crippen LogP contribution in [0.3, 0.4) is 0 Å². The molecule has 24 heavy (non-hydrogen) atoms. The molecule has 1 aromatic carbocycles. The van der Waals surface area contributed by atoms with Gasteiger partial charge in [-0.15, -0.1) is 0 Å². The van der Waals surface area contributed by atoms with Crippen molar-refractivity contribution in [2.45, 2.75) is 27.7 Å². The van der Waals surface area contributed by atoms with Crippen LogP contribution in [0.25, 0.3) is 22.4 Å². The summed E-state index contributed by atoms with van der Waals surface area (Å²) in [5.41, 5.74) is 4.16. The summed E-state index contributed by atoms with van der Waals surface area (Å²) in [4.78, 5) is 24.8. The highest BCUT2D eigenvalue weighted by Crippen LogP contribution is 2.27. The summed E-state index contributed by atoms with van der Waals surface area (Å²) in [7, 11) is 0. The SMILES string of the molecule is CCNc1cccc(-c2cnc3[nH]cc(C(=O)C(C)(C)C)c3n2)c1. The largest absolute Gasteiger partial charge is 0.385 e. The first-order chi connectivity index (χ1) is 11.4. The van der Waals surface area contributed by atoms with E-state index in [9.17, 15) is 4.79 Å². The number of carbonyl (C=O) groups is 1. The average Bonchev–Trinajstić information content (AvgIpc) is 2.96. The molecule has 0 radical (unpaired) electrons. The Morgan fingerprint density at radius 3 is 2.79 bits per heavy atom. The molecule has 0 saturated heterocycles. The predicted octanol–water partition coefficient (Wildman–Crippen LogP) is 4.29.